The van der Waals surface area contributed by atoms with E-state index in [1.54, 1.807) is 48.5 Å². The zero-order valence-electron chi connectivity index (χ0n) is 19.6. The van der Waals surface area contributed by atoms with Crippen molar-refractivity contribution < 1.29 is 27.6 Å². The van der Waals surface area contributed by atoms with Crippen molar-refractivity contribution in [1.82, 2.24) is 20.4 Å². The van der Waals surface area contributed by atoms with Crippen LogP contribution >= 0.6 is 0 Å². The number of nitrogens with one attached hydrogen (secondary N) is 2. The van der Waals surface area contributed by atoms with Crippen LogP contribution in [0.2, 0.25) is 0 Å². The Morgan fingerprint density at radius 3 is 2.31 bits per heavy atom. The predicted octanol–water partition coefficient (Wildman–Crippen LogP) is 0.208. The highest BCUT2D eigenvalue weighted by Gasteiger charge is 2.39. The van der Waals surface area contributed by atoms with E-state index in [1.807, 2.05) is 0 Å². The Bertz CT molecular complexity index is 1240. The number of sulfone groups is 1. The van der Waals surface area contributed by atoms with Gasteiger partial charge in [-0.2, -0.15) is 0 Å². The van der Waals surface area contributed by atoms with Crippen LogP contribution in [0.15, 0.2) is 65.6 Å². The normalized spacial score (nSPS) is 20.4. The molecule has 0 aromatic heterocycles. The molecule has 2 atom stereocenters. The predicted molar refractivity (Wildman–Crippen MR) is 131 cm³/mol. The third kappa shape index (κ3) is 5.73. The van der Waals surface area contributed by atoms with E-state index in [9.17, 15) is 27.6 Å². The van der Waals surface area contributed by atoms with Gasteiger partial charge in [0.15, 0.2) is 9.84 Å². The minimum atomic E-state index is -3.87. The van der Waals surface area contributed by atoms with E-state index in [-0.39, 0.29) is 36.3 Å². The standard InChI is InChI=1S/C25H28N4O6S/c30-22(17-36(34,35)19-10-5-2-6-11-19)28-14-15-29(25(33)18-8-3-1-4-9-18)21(16-28)24(32)27-20-12-7-13-26-23(20)31/h1-6,8-11,20-21H,7,12-17H2,(H,26,31)(H,27,32)/t20-,21+/m1/s1. The first kappa shape index (κ1) is 25.4. The van der Waals surface area contributed by atoms with Crippen molar-refractivity contribution in [3.63, 3.8) is 0 Å². The first-order valence-electron chi connectivity index (χ1n) is 11.8. The summed E-state index contributed by atoms with van der Waals surface area (Å²) >= 11 is 0. The quantitative estimate of drug-likeness (QED) is 0.569. The molecule has 4 amide bonds. The summed E-state index contributed by atoms with van der Waals surface area (Å²) in [6.07, 6.45) is 1.17. The van der Waals surface area contributed by atoms with Crippen LogP contribution in [0.5, 0.6) is 0 Å². The number of rotatable bonds is 6. The molecular formula is C25H28N4O6S. The monoisotopic (exact) mass is 512 g/mol. The van der Waals surface area contributed by atoms with E-state index in [0.717, 1.165) is 0 Å². The van der Waals surface area contributed by atoms with E-state index in [2.05, 4.69) is 10.6 Å². The van der Waals surface area contributed by atoms with Crippen LogP contribution < -0.4 is 10.6 Å². The molecule has 2 aromatic rings. The van der Waals surface area contributed by atoms with Gasteiger partial charge in [0.2, 0.25) is 17.7 Å². The summed E-state index contributed by atoms with van der Waals surface area (Å²) in [5.41, 5.74) is 0.386. The summed E-state index contributed by atoms with van der Waals surface area (Å²) in [6.45, 7) is 0.475. The lowest BCUT2D eigenvalue weighted by Crippen LogP contribution is -2.64. The van der Waals surface area contributed by atoms with E-state index in [4.69, 9.17) is 0 Å². The van der Waals surface area contributed by atoms with Crippen molar-refractivity contribution in [3.8, 4) is 0 Å². The molecule has 190 valence electrons. The summed E-state index contributed by atoms with van der Waals surface area (Å²) in [4.78, 5) is 54.4. The van der Waals surface area contributed by atoms with Gasteiger partial charge in [0, 0.05) is 25.2 Å². The van der Waals surface area contributed by atoms with Crippen molar-refractivity contribution in [3.05, 3.63) is 66.2 Å². The van der Waals surface area contributed by atoms with Gasteiger partial charge < -0.3 is 20.4 Å². The second-order valence-corrected chi connectivity index (χ2v) is 10.8. The average molecular weight is 513 g/mol. The molecule has 2 fully saturated rings. The third-order valence-electron chi connectivity index (χ3n) is 6.33. The fraction of sp³-hybridized carbons (Fsp3) is 0.360. The summed E-state index contributed by atoms with van der Waals surface area (Å²) in [6, 6.07) is 14.3. The lowest BCUT2D eigenvalue weighted by atomic mass is 10.0. The van der Waals surface area contributed by atoms with Crippen molar-refractivity contribution in [2.75, 3.05) is 31.9 Å². The van der Waals surface area contributed by atoms with E-state index in [0.29, 0.717) is 24.9 Å². The average Bonchev–Trinajstić information content (AvgIpc) is 2.90. The maximum atomic E-state index is 13.3. The van der Waals surface area contributed by atoms with Gasteiger partial charge >= 0.3 is 0 Å². The molecule has 10 nitrogen and oxygen atoms in total. The van der Waals surface area contributed by atoms with Crippen molar-refractivity contribution >= 4 is 33.5 Å². The Labute approximate surface area is 209 Å². The molecule has 0 saturated carbocycles. The number of carbonyl (C=O) groups excluding carboxylic acids is 4. The smallest absolute Gasteiger partial charge is 0.254 e. The van der Waals surface area contributed by atoms with Crippen LogP contribution in [0.25, 0.3) is 0 Å². The minimum Gasteiger partial charge on any atom is -0.354 e. The number of carbonyl (C=O) groups is 4. The van der Waals surface area contributed by atoms with Gasteiger partial charge in [-0.1, -0.05) is 36.4 Å². The molecule has 2 N–H and O–H groups in total. The van der Waals surface area contributed by atoms with Gasteiger partial charge in [0.05, 0.1) is 11.4 Å². The van der Waals surface area contributed by atoms with Crippen molar-refractivity contribution in [1.29, 1.82) is 0 Å². The van der Waals surface area contributed by atoms with E-state index >= 15 is 0 Å². The van der Waals surface area contributed by atoms with E-state index in [1.165, 1.54) is 21.9 Å². The number of piperidine rings is 1. The molecule has 36 heavy (non-hydrogen) atoms. The lowest BCUT2D eigenvalue weighted by Gasteiger charge is -2.41. The Balaban J connectivity index is 1.53. The van der Waals surface area contributed by atoms with Crippen molar-refractivity contribution in [2.45, 2.75) is 29.8 Å². The molecule has 4 rings (SSSR count). The van der Waals surface area contributed by atoms with Crippen LogP contribution in [0.1, 0.15) is 23.2 Å². The number of nitrogens with zero attached hydrogens (tertiary/aromatic N) is 2. The highest BCUT2D eigenvalue weighted by atomic mass is 32.2. The fourth-order valence-corrected chi connectivity index (χ4v) is 5.61. The van der Waals surface area contributed by atoms with Gasteiger partial charge in [-0.3, -0.25) is 19.2 Å². The minimum absolute atomic E-state index is 0.0360. The van der Waals surface area contributed by atoms with Gasteiger partial charge in [-0.15, -0.1) is 0 Å². The van der Waals surface area contributed by atoms with Gasteiger partial charge in [0.1, 0.15) is 17.8 Å². The second kappa shape index (κ2) is 10.9. The molecule has 2 aliphatic heterocycles. The highest BCUT2D eigenvalue weighted by molar-refractivity contribution is 7.92. The number of benzene rings is 2. The molecule has 0 spiro atoms. The molecule has 2 saturated heterocycles. The largest absolute Gasteiger partial charge is 0.354 e. The fourth-order valence-electron chi connectivity index (χ4n) is 4.37. The number of hydrogen-bond acceptors (Lipinski definition) is 6. The van der Waals surface area contributed by atoms with Gasteiger partial charge in [-0.25, -0.2) is 8.42 Å². The first-order chi connectivity index (χ1) is 17.3. The number of hydrogen-bond donors (Lipinski definition) is 2. The first-order valence-corrected chi connectivity index (χ1v) is 13.4. The molecule has 2 heterocycles. The summed E-state index contributed by atoms with van der Waals surface area (Å²) < 4.78 is 25.4. The summed E-state index contributed by atoms with van der Waals surface area (Å²) in [5.74, 6) is -2.65. The van der Waals surface area contributed by atoms with Crippen LogP contribution in [-0.4, -0.2) is 85.9 Å². The maximum Gasteiger partial charge on any atom is 0.254 e. The third-order valence-corrected chi connectivity index (χ3v) is 7.95. The van der Waals surface area contributed by atoms with Gasteiger partial charge in [-0.05, 0) is 37.1 Å². The second-order valence-electron chi connectivity index (χ2n) is 8.79. The number of amides is 4. The van der Waals surface area contributed by atoms with Crippen molar-refractivity contribution in [2.24, 2.45) is 0 Å². The molecule has 0 bridgehead atoms. The maximum absolute atomic E-state index is 13.3. The Morgan fingerprint density at radius 1 is 0.972 bits per heavy atom. The Hall–Kier alpha value is -3.73. The molecule has 2 aliphatic rings. The SMILES string of the molecule is O=C1NCCC[C@H]1NC(=O)[C@@H]1CN(C(=O)CS(=O)(=O)c2ccccc2)CCN1C(=O)c1ccccc1. The highest BCUT2D eigenvalue weighted by Crippen LogP contribution is 2.18. The molecule has 2 aromatic carbocycles. The van der Waals surface area contributed by atoms with Crippen LogP contribution in [0.4, 0.5) is 0 Å². The lowest BCUT2D eigenvalue weighted by molar-refractivity contribution is -0.137. The summed E-state index contributed by atoms with van der Waals surface area (Å²) in [5, 5.41) is 5.41. The van der Waals surface area contributed by atoms with Crippen LogP contribution in [0, 0.1) is 0 Å². The molecular weight excluding hydrogens is 484 g/mol. The molecule has 11 heteroatoms. The van der Waals surface area contributed by atoms with Gasteiger partial charge in [0.25, 0.3) is 5.91 Å². The molecule has 0 aliphatic carbocycles. The zero-order chi connectivity index (χ0) is 25.7. The summed E-state index contributed by atoms with van der Waals surface area (Å²) in [7, 11) is -3.87. The topological polar surface area (TPSA) is 133 Å². The Kier molecular flexibility index (Phi) is 7.68. The number of piperazine rings is 1. The van der Waals surface area contributed by atoms with Crippen LogP contribution in [0.3, 0.4) is 0 Å². The molecule has 0 radical (unpaired) electrons. The van der Waals surface area contributed by atoms with Crippen LogP contribution in [-0.2, 0) is 24.2 Å². The Morgan fingerprint density at radius 2 is 1.64 bits per heavy atom. The molecule has 0 unspecified atom stereocenters. The zero-order valence-corrected chi connectivity index (χ0v) is 20.4. The van der Waals surface area contributed by atoms with E-state index < -0.39 is 39.5 Å².